The van der Waals surface area contributed by atoms with E-state index in [1.807, 2.05) is 34.8 Å². The highest BCUT2D eigenvalue weighted by molar-refractivity contribution is 6.36. The van der Waals surface area contributed by atoms with E-state index in [9.17, 15) is 9.59 Å². The van der Waals surface area contributed by atoms with Crippen LogP contribution < -0.4 is 0 Å². The Morgan fingerprint density at radius 3 is 2.53 bits per heavy atom. The number of hydrogen-bond donors (Lipinski definition) is 0. The summed E-state index contributed by atoms with van der Waals surface area (Å²) in [6, 6.07) is 9.66. The van der Waals surface area contributed by atoms with Crippen molar-refractivity contribution in [3.63, 3.8) is 0 Å². The van der Waals surface area contributed by atoms with Crippen LogP contribution in [0, 0.1) is 19.3 Å². The minimum Gasteiger partial charge on any atom is -0.465 e. The van der Waals surface area contributed by atoms with Crippen molar-refractivity contribution in [3.05, 3.63) is 58.4 Å². The maximum atomic E-state index is 12.5. The van der Waals surface area contributed by atoms with Gasteiger partial charge in [-0.15, -0.1) is 0 Å². The van der Waals surface area contributed by atoms with Crippen LogP contribution in [0.15, 0.2) is 36.5 Å². The normalized spacial score (nSPS) is 19.1. The lowest BCUT2D eigenvalue weighted by atomic mass is 9.61. The van der Waals surface area contributed by atoms with E-state index in [-0.39, 0.29) is 29.7 Å². The van der Waals surface area contributed by atoms with Gasteiger partial charge in [-0.2, -0.15) is 10.2 Å². The summed E-state index contributed by atoms with van der Waals surface area (Å²) in [5.41, 5.74) is 7.05. The molecule has 2 saturated heterocycles. The fraction of sp³-hybridized carbons (Fsp3) is 0.500. The Labute approximate surface area is 279 Å². The number of nitrogens with zero attached hydrogens (tertiary/aromatic N) is 5. The second kappa shape index (κ2) is 12.6. The molecule has 4 aromatic rings. The molecule has 2 aromatic heterocycles. The Hall–Kier alpha value is -3.89. The molecule has 1 saturated carbocycles. The van der Waals surface area contributed by atoms with Crippen LogP contribution in [0.2, 0.25) is 5.02 Å². The van der Waals surface area contributed by atoms with E-state index in [0.29, 0.717) is 17.2 Å². The molecule has 3 fully saturated rings. The van der Waals surface area contributed by atoms with E-state index in [1.165, 1.54) is 7.11 Å². The molecule has 11 heteroatoms. The lowest BCUT2D eigenvalue weighted by Gasteiger charge is -2.58. The Morgan fingerprint density at radius 2 is 1.85 bits per heavy atom. The van der Waals surface area contributed by atoms with Crippen molar-refractivity contribution in [1.29, 1.82) is 0 Å². The first-order valence-electron chi connectivity index (χ1n) is 16.7. The van der Waals surface area contributed by atoms with Crippen molar-refractivity contribution in [1.82, 2.24) is 24.5 Å². The maximum Gasteiger partial charge on any atom is 0.409 e. The largest absolute Gasteiger partial charge is 0.465 e. The Kier molecular flexibility index (Phi) is 8.51. The molecule has 0 bridgehead atoms. The monoisotopic (exact) mass is 659 g/mol. The van der Waals surface area contributed by atoms with Crippen molar-refractivity contribution in [2.75, 3.05) is 33.4 Å². The summed E-state index contributed by atoms with van der Waals surface area (Å²) in [5, 5.41) is 11.7. The molecule has 47 heavy (non-hydrogen) atoms. The first-order valence-corrected chi connectivity index (χ1v) is 17.1. The maximum absolute atomic E-state index is 12.5. The van der Waals surface area contributed by atoms with Gasteiger partial charge in [0.25, 0.3) is 0 Å². The summed E-state index contributed by atoms with van der Waals surface area (Å²) in [4.78, 5) is 26.5. The van der Waals surface area contributed by atoms with Crippen LogP contribution in [0.3, 0.4) is 0 Å². The van der Waals surface area contributed by atoms with Gasteiger partial charge in [-0.25, -0.2) is 14.3 Å². The summed E-state index contributed by atoms with van der Waals surface area (Å²) >= 11 is 7.21. The summed E-state index contributed by atoms with van der Waals surface area (Å²) in [6.07, 6.45) is 8.41. The van der Waals surface area contributed by atoms with E-state index in [1.54, 1.807) is 12.1 Å². The summed E-state index contributed by atoms with van der Waals surface area (Å²) < 4.78 is 20.6. The Bertz CT molecular complexity index is 1810. The average Bonchev–Trinajstić information content (AvgIpc) is 3.61. The van der Waals surface area contributed by atoms with Crippen LogP contribution in [-0.4, -0.2) is 69.9 Å². The molecule has 0 N–H and O–H groups in total. The van der Waals surface area contributed by atoms with Gasteiger partial charge in [0.1, 0.15) is 5.69 Å². The van der Waals surface area contributed by atoms with Gasteiger partial charge < -0.3 is 19.1 Å². The SMILES string of the molecule is CCCCOC(=O)N1CC2(CC(n3nc(-c4ccc(C(=O)OC)cc4)c(-c4c(Cl)c(C)cc5c4cnn5C4CCCCO4)c3C)C2)C1. The number of carbonyl (C=O) groups is 2. The zero-order valence-electron chi connectivity index (χ0n) is 27.6. The smallest absolute Gasteiger partial charge is 0.409 e. The van der Waals surface area contributed by atoms with Crippen LogP contribution >= 0.6 is 11.6 Å². The minimum atomic E-state index is -0.386. The molecule has 248 valence electrons. The standard InChI is InChI=1S/C36H42ClN5O5/c1-5-6-14-47-35(44)40-20-36(21-40)17-26(18-36)41-23(3)30(33(39-41)24-10-12-25(13-11-24)34(43)45-4)31-27-19-38-42(29-9-7-8-15-46-29)28(27)16-22(2)32(31)37/h10-13,16,19,26,29H,5-9,14-15,17-18,20-21H2,1-4H3. The highest BCUT2D eigenvalue weighted by atomic mass is 35.5. The zero-order chi connectivity index (χ0) is 32.9. The number of unbranched alkanes of at least 4 members (excludes halogenated alkanes) is 1. The molecule has 7 rings (SSSR count). The van der Waals surface area contributed by atoms with Crippen LogP contribution in [0.1, 0.15) is 85.8 Å². The van der Waals surface area contributed by atoms with Gasteiger partial charge in [-0.3, -0.25) is 4.68 Å². The van der Waals surface area contributed by atoms with Crippen molar-refractivity contribution < 1.29 is 23.8 Å². The molecule has 0 radical (unpaired) electrons. The molecule has 2 aliphatic heterocycles. The predicted octanol–water partition coefficient (Wildman–Crippen LogP) is 7.90. The van der Waals surface area contributed by atoms with E-state index >= 15 is 0 Å². The van der Waals surface area contributed by atoms with Gasteiger partial charge in [-0.1, -0.05) is 37.1 Å². The lowest BCUT2D eigenvalue weighted by Crippen LogP contribution is -2.64. The predicted molar refractivity (Wildman–Crippen MR) is 180 cm³/mol. The topological polar surface area (TPSA) is 101 Å². The third-order valence-electron chi connectivity index (χ3n) is 10.1. The van der Waals surface area contributed by atoms with Crippen molar-refractivity contribution in [3.8, 4) is 22.4 Å². The van der Waals surface area contributed by atoms with Gasteiger partial charge in [0.15, 0.2) is 6.23 Å². The molecule has 3 aliphatic rings. The molecule has 10 nitrogen and oxygen atoms in total. The van der Waals surface area contributed by atoms with Gasteiger partial charge in [0, 0.05) is 52.9 Å². The van der Waals surface area contributed by atoms with Gasteiger partial charge in [-0.05, 0) is 76.1 Å². The zero-order valence-corrected chi connectivity index (χ0v) is 28.3. The van der Waals surface area contributed by atoms with Crippen LogP contribution in [0.5, 0.6) is 0 Å². The third kappa shape index (κ3) is 5.59. The Morgan fingerprint density at radius 1 is 1.09 bits per heavy atom. The number of rotatable bonds is 8. The average molecular weight is 660 g/mol. The second-order valence-electron chi connectivity index (χ2n) is 13.4. The summed E-state index contributed by atoms with van der Waals surface area (Å²) in [6.45, 7) is 8.86. The number of methoxy groups -OCH3 is 1. The van der Waals surface area contributed by atoms with Crippen LogP contribution in [0.4, 0.5) is 4.79 Å². The van der Waals surface area contributed by atoms with Gasteiger partial charge in [0.2, 0.25) is 0 Å². The van der Waals surface area contributed by atoms with Crippen molar-refractivity contribution >= 4 is 34.6 Å². The fourth-order valence-corrected chi connectivity index (χ4v) is 7.85. The number of halogens is 1. The molecule has 1 aliphatic carbocycles. The number of fused-ring (bicyclic) bond motifs is 1. The van der Waals surface area contributed by atoms with Crippen molar-refractivity contribution in [2.24, 2.45) is 5.41 Å². The third-order valence-corrected chi connectivity index (χ3v) is 10.6. The number of hydrogen-bond acceptors (Lipinski definition) is 7. The van der Waals surface area contributed by atoms with Crippen LogP contribution in [-0.2, 0) is 14.2 Å². The van der Waals surface area contributed by atoms with Crippen LogP contribution in [0.25, 0.3) is 33.3 Å². The van der Waals surface area contributed by atoms with Gasteiger partial charge >= 0.3 is 12.1 Å². The molecule has 4 heterocycles. The number of carbonyl (C=O) groups excluding carboxylic acids is 2. The molecule has 1 amide bonds. The minimum absolute atomic E-state index is 0.102. The van der Waals surface area contributed by atoms with E-state index in [0.717, 1.165) is 109 Å². The highest BCUT2D eigenvalue weighted by Crippen LogP contribution is 2.55. The van der Waals surface area contributed by atoms with E-state index in [2.05, 4.69) is 24.6 Å². The molecular weight excluding hydrogens is 618 g/mol. The summed E-state index contributed by atoms with van der Waals surface area (Å²) in [5.74, 6) is -0.386. The number of likely N-dealkylation sites (tertiary alicyclic amines) is 1. The van der Waals surface area contributed by atoms with Crippen molar-refractivity contribution in [2.45, 2.75) is 78.0 Å². The second-order valence-corrected chi connectivity index (χ2v) is 13.8. The number of esters is 1. The first-order chi connectivity index (χ1) is 22.7. The number of aromatic nitrogens is 4. The number of benzene rings is 2. The lowest BCUT2D eigenvalue weighted by molar-refractivity contribution is -0.0825. The number of amides is 1. The van der Waals surface area contributed by atoms with Gasteiger partial charge in [0.05, 0.1) is 42.1 Å². The summed E-state index contributed by atoms with van der Waals surface area (Å²) in [7, 11) is 1.38. The molecule has 1 atom stereocenters. The first kappa shape index (κ1) is 31.7. The molecule has 2 aromatic carbocycles. The molecule has 1 unspecified atom stereocenters. The Balaban J connectivity index is 1.26. The number of aryl methyl sites for hydroxylation is 1. The fourth-order valence-electron chi connectivity index (χ4n) is 7.60. The molecular formula is C36H42ClN5O5. The quantitative estimate of drug-likeness (QED) is 0.140. The molecule has 1 spiro atoms. The van der Waals surface area contributed by atoms with E-state index in [4.69, 9.17) is 36.0 Å². The number of ether oxygens (including phenoxy) is 3. The van der Waals surface area contributed by atoms with E-state index < -0.39 is 0 Å². The highest BCUT2D eigenvalue weighted by Gasteiger charge is 2.55.